The molecule has 4 nitrogen and oxygen atoms in total. The maximum atomic E-state index is 12.8. The summed E-state index contributed by atoms with van der Waals surface area (Å²) in [6.45, 7) is 2.44. The molecule has 0 aromatic heterocycles. The molecule has 0 saturated carbocycles. The minimum Gasteiger partial charge on any atom is -0.497 e. The minimum atomic E-state index is -0.284. The SMILES string of the molecule is COc1ccc(CCCNCCCNC(=O)/C=C/c2ccc(F)cc2)cc1. The van der Waals surface area contributed by atoms with Crippen molar-refractivity contribution in [1.82, 2.24) is 10.6 Å². The second-order valence-electron chi connectivity index (χ2n) is 6.23. The maximum Gasteiger partial charge on any atom is 0.243 e. The summed E-state index contributed by atoms with van der Waals surface area (Å²) >= 11 is 0. The fourth-order valence-electron chi connectivity index (χ4n) is 2.56. The summed E-state index contributed by atoms with van der Waals surface area (Å²) in [5, 5.41) is 6.23. The molecule has 0 fully saturated rings. The second kappa shape index (κ2) is 11.9. The van der Waals surface area contributed by atoms with Crippen molar-refractivity contribution in [2.45, 2.75) is 19.3 Å². The summed E-state index contributed by atoms with van der Waals surface area (Å²) in [5.41, 5.74) is 2.10. The van der Waals surface area contributed by atoms with Crippen molar-refractivity contribution in [2.75, 3.05) is 26.7 Å². The topological polar surface area (TPSA) is 50.4 Å². The summed E-state index contributed by atoms with van der Waals surface area (Å²) in [5.74, 6) is 0.457. The van der Waals surface area contributed by atoms with Crippen molar-refractivity contribution in [3.05, 3.63) is 71.6 Å². The Kier molecular flexibility index (Phi) is 9.07. The number of carbonyl (C=O) groups is 1. The Morgan fingerprint density at radius 1 is 1.00 bits per heavy atom. The zero-order valence-corrected chi connectivity index (χ0v) is 15.7. The largest absolute Gasteiger partial charge is 0.497 e. The first-order chi connectivity index (χ1) is 13.2. The van der Waals surface area contributed by atoms with Gasteiger partial charge in [-0.05, 0) is 73.8 Å². The van der Waals surface area contributed by atoms with Gasteiger partial charge < -0.3 is 15.4 Å². The van der Waals surface area contributed by atoms with E-state index in [4.69, 9.17) is 4.74 Å². The highest BCUT2D eigenvalue weighted by molar-refractivity contribution is 5.91. The molecule has 5 heteroatoms. The van der Waals surface area contributed by atoms with Crippen LogP contribution in [0.2, 0.25) is 0 Å². The molecule has 0 aliphatic heterocycles. The molecule has 0 spiro atoms. The van der Waals surface area contributed by atoms with Crippen LogP contribution in [0.1, 0.15) is 24.0 Å². The third-order valence-corrected chi connectivity index (χ3v) is 4.10. The van der Waals surface area contributed by atoms with Gasteiger partial charge in [-0.3, -0.25) is 4.79 Å². The molecule has 0 bridgehead atoms. The van der Waals surface area contributed by atoms with Crippen LogP contribution in [0.25, 0.3) is 6.08 Å². The number of hydrogen-bond acceptors (Lipinski definition) is 3. The van der Waals surface area contributed by atoms with E-state index in [9.17, 15) is 9.18 Å². The average Bonchev–Trinajstić information content (AvgIpc) is 2.70. The van der Waals surface area contributed by atoms with Gasteiger partial charge in [0.15, 0.2) is 0 Å². The number of amides is 1. The number of benzene rings is 2. The summed E-state index contributed by atoms with van der Waals surface area (Å²) in [4.78, 5) is 11.7. The highest BCUT2D eigenvalue weighted by Gasteiger charge is 1.97. The molecule has 2 rings (SSSR count). The Labute approximate surface area is 160 Å². The number of methoxy groups -OCH3 is 1. The molecule has 0 radical (unpaired) electrons. The van der Waals surface area contributed by atoms with Gasteiger partial charge in [0.1, 0.15) is 11.6 Å². The van der Waals surface area contributed by atoms with Crippen LogP contribution in [0.5, 0.6) is 5.75 Å². The molecule has 2 aromatic carbocycles. The van der Waals surface area contributed by atoms with Gasteiger partial charge in [-0.15, -0.1) is 0 Å². The Hall–Kier alpha value is -2.66. The number of hydrogen-bond donors (Lipinski definition) is 2. The third-order valence-electron chi connectivity index (χ3n) is 4.10. The van der Waals surface area contributed by atoms with Crippen LogP contribution in [0, 0.1) is 5.82 Å². The highest BCUT2D eigenvalue weighted by atomic mass is 19.1. The average molecular weight is 370 g/mol. The van der Waals surface area contributed by atoms with Gasteiger partial charge in [0.2, 0.25) is 5.91 Å². The van der Waals surface area contributed by atoms with E-state index in [-0.39, 0.29) is 11.7 Å². The minimum absolute atomic E-state index is 0.140. The van der Waals surface area contributed by atoms with Crippen molar-refractivity contribution in [1.29, 1.82) is 0 Å². The van der Waals surface area contributed by atoms with Crippen molar-refractivity contribution in [3.63, 3.8) is 0 Å². The molecule has 0 aliphatic carbocycles. The van der Waals surface area contributed by atoms with E-state index in [1.807, 2.05) is 12.1 Å². The summed E-state index contributed by atoms with van der Waals surface area (Å²) in [6.07, 6.45) is 6.11. The highest BCUT2D eigenvalue weighted by Crippen LogP contribution is 2.12. The number of rotatable bonds is 11. The van der Waals surface area contributed by atoms with Gasteiger partial charge in [-0.25, -0.2) is 4.39 Å². The Morgan fingerprint density at radius 3 is 2.41 bits per heavy atom. The first-order valence-corrected chi connectivity index (χ1v) is 9.22. The molecule has 0 atom stereocenters. The van der Waals surface area contributed by atoms with Crippen LogP contribution < -0.4 is 15.4 Å². The molecule has 1 amide bonds. The van der Waals surface area contributed by atoms with Gasteiger partial charge >= 0.3 is 0 Å². The first kappa shape index (κ1) is 20.6. The lowest BCUT2D eigenvalue weighted by Crippen LogP contribution is -2.26. The van der Waals surface area contributed by atoms with Crippen molar-refractivity contribution in [3.8, 4) is 5.75 Å². The lowest BCUT2D eigenvalue weighted by Gasteiger charge is -2.06. The third kappa shape index (κ3) is 8.51. The fourth-order valence-corrected chi connectivity index (χ4v) is 2.56. The Balaban J connectivity index is 1.49. The van der Waals surface area contributed by atoms with Crippen LogP contribution in [0.15, 0.2) is 54.6 Å². The van der Waals surface area contributed by atoms with E-state index in [0.717, 1.165) is 43.7 Å². The van der Waals surface area contributed by atoms with Crippen molar-refractivity contribution >= 4 is 12.0 Å². The number of ether oxygens (including phenoxy) is 1. The number of carbonyl (C=O) groups excluding carboxylic acids is 1. The van der Waals surface area contributed by atoms with E-state index in [1.165, 1.54) is 23.8 Å². The van der Waals surface area contributed by atoms with Gasteiger partial charge in [0.25, 0.3) is 0 Å². The van der Waals surface area contributed by atoms with Gasteiger partial charge in [0.05, 0.1) is 7.11 Å². The lowest BCUT2D eigenvalue weighted by molar-refractivity contribution is -0.116. The van der Waals surface area contributed by atoms with E-state index < -0.39 is 0 Å². The van der Waals surface area contributed by atoms with E-state index in [2.05, 4.69) is 22.8 Å². The summed E-state index contributed by atoms with van der Waals surface area (Å²) < 4.78 is 18.0. The van der Waals surface area contributed by atoms with E-state index >= 15 is 0 Å². The normalized spacial score (nSPS) is 10.9. The van der Waals surface area contributed by atoms with Crippen LogP contribution in [0.3, 0.4) is 0 Å². The quantitative estimate of drug-likeness (QED) is 0.470. The molecular formula is C22H27FN2O2. The number of nitrogens with one attached hydrogen (secondary N) is 2. The van der Waals surface area contributed by atoms with Gasteiger partial charge in [-0.1, -0.05) is 24.3 Å². The van der Waals surface area contributed by atoms with Crippen LogP contribution in [0.4, 0.5) is 4.39 Å². The Bertz CT molecular complexity index is 712. The predicted molar refractivity (Wildman–Crippen MR) is 107 cm³/mol. The smallest absolute Gasteiger partial charge is 0.243 e. The number of aryl methyl sites for hydroxylation is 1. The molecule has 0 saturated heterocycles. The molecule has 2 aromatic rings. The van der Waals surface area contributed by atoms with Gasteiger partial charge in [-0.2, -0.15) is 0 Å². The second-order valence-corrected chi connectivity index (χ2v) is 6.23. The van der Waals surface area contributed by atoms with Crippen LogP contribution >= 0.6 is 0 Å². The molecule has 144 valence electrons. The monoisotopic (exact) mass is 370 g/mol. The summed E-state index contributed by atoms with van der Waals surface area (Å²) in [7, 11) is 1.67. The maximum absolute atomic E-state index is 12.8. The van der Waals surface area contributed by atoms with Crippen LogP contribution in [-0.4, -0.2) is 32.7 Å². The van der Waals surface area contributed by atoms with E-state index in [1.54, 1.807) is 25.3 Å². The van der Waals surface area contributed by atoms with Crippen molar-refractivity contribution < 1.29 is 13.9 Å². The zero-order valence-electron chi connectivity index (χ0n) is 15.7. The Morgan fingerprint density at radius 2 is 1.70 bits per heavy atom. The fraction of sp³-hybridized carbons (Fsp3) is 0.318. The molecule has 0 heterocycles. The molecular weight excluding hydrogens is 343 g/mol. The summed E-state index contributed by atoms with van der Waals surface area (Å²) in [6, 6.07) is 14.2. The predicted octanol–water partition coefficient (Wildman–Crippen LogP) is 3.58. The standard InChI is InChI=1S/C22H27FN2O2/c1-27-21-12-7-18(8-13-21)4-2-15-24-16-3-17-25-22(26)14-9-19-5-10-20(23)11-6-19/h5-14,24H,2-4,15-17H2,1H3,(H,25,26)/b14-9+. The number of halogens is 1. The lowest BCUT2D eigenvalue weighted by atomic mass is 10.1. The zero-order chi connectivity index (χ0) is 19.3. The molecule has 0 unspecified atom stereocenters. The van der Waals surface area contributed by atoms with E-state index in [0.29, 0.717) is 6.54 Å². The first-order valence-electron chi connectivity index (χ1n) is 9.22. The van der Waals surface area contributed by atoms with Crippen molar-refractivity contribution in [2.24, 2.45) is 0 Å². The molecule has 2 N–H and O–H groups in total. The molecule has 0 aliphatic rings. The van der Waals surface area contributed by atoms with Crippen LogP contribution in [-0.2, 0) is 11.2 Å². The molecule has 27 heavy (non-hydrogen) atoms. The van der Waals surface area contributed by atoms with Gasteiger partial charge in [0, 0.05) is 12.6 Å².